The molecule has 5 rings (SSSR count). The number of dihydropyridines is 1. The molecule has 38 heavy (non-hydrogen) atoms. The van der Waals surface area contributed by atoms with E-state index in [1.54, 1.807) is 12.1 Å². The molecule has 0 atom stereocenters. The maximum atomic E-state index is 13.1. The van der Waals surface area contributed by atoms with Gasteiger partial charge < -0.3 is 10.1 Å². The second-order valence-electron chi connectivity index (χ2n) is 9.25. The molecule has 0 saturated carbocycles. The Kier molecular flexibility index (Phi) is 6.97. The van der Waals surface area contributed by atoms with E-state index >= 15 is 0 Å². The lowest BCUT2D eigenvalue weighted by Crippen LogP contribution is -2.36. The first-order chi connectivity index (χ1) is 18.0. The lowest BCUT2D eigenvalue weighted by molar-refractivity contribution is -0.385. The first-order valence-electron chi connectivity index (χ1n) is 11.8. The van der Waals surface area contributed by atoms with E-state index < -0.39 is 28.3 Å². The number of nitrogens with zero attached hydrogens (tertiary/aromatic N) is 1. The number of benzene rings is 2. The zero-order valence-electron chi connectivity index (χ0n) is 19.6. The smallest absolute Gasteiger partial charge is 0.416 e. The van der Waals surface area contributed by atoms with Gasteiger partial charge in [-0.1, -0.05) is 0 Å². The summed E-state index contributed by atoms with van der Waals surface area (Å²) in [6.07, 6.45) is -1.15. The highest BCUT2D eigenvalue weighted by atomic mass is 79.9. The van der Waals surface area contributed by atoms with E-state index in [0.29, 0.717) is 63.5 Å². The molecule has 2 aromatic rings. The van der Waals surface area contributed by atoms with Crippen LogP contribution in [0.1, 0.15) is 55.6 Å². The fraction of sp³-hybridized carbons (Fsp3) is 0.308. The van der Waals surface area contributed by atoms with E-state index in [2.05, 4.69) is 37.2 Å². The van der Waals surface area contributed by atoms with Crippen molar-refractivity contribution in [2.24, 2.45) is 0 Å². The molecule has 0 amide bonds. The molecule has 0 aromatic heterocycles. The first kappa shape index (κ1) is 26.6. The number of halogens is 5. The Balaban J connectivity index is 1.58. The highest BCUT2D eigenvalue weighted by molar-refractivity contribution is 9.11. The normalized spacial score (nSPS) is 18.2. The number of hydrogen-bond acceptors (Lipinski definition) is 6. The van der Waals surface area contributed by atoms with Gasteiger partial charge in [-0.15, -0.1) is 0 Å². The van der Waals surface area contributed by atoms with Crippen LogP contribution in [0.2, 0.25) is 0 Å². The number of rotatable bonds is 4. The van der Waals surface area contributed by atoms with Crippen LogP contribution in [0.15, 0.2) is 61.8 Å². The molecule has 2 aliphatic carbocycles. The quantitative estimate of drug-likeness (QED) is 0.269. The molecule has 0 unspecified atom stereocenters. The fourth-order valence-electron chi connectivity index (χ4n) is 5.19. The fourth-order valence-corrected chi connectivity index (χ4v) is 6.58. The molecule has 1 N–H and O–H groups in total. The number of carbonyl (C=O) groups is 2. The van der Waals surface area contributed by atoms with Crippen LogP contribution >= 0.6 is 31.9 Å². The van der Waals surface area contributed by atoms with Crippen molar-refractivity contribution in [3.63, 3.8) is 0 Å². The standard InChI is InChI=1S/C26H19Br2F3N2O5/c27-14-9-12(22-23-16(3-1-5-19(23)34)32-17-4-2-6-20(35)24(17)22)10-15(28)25(14)38-21-8-7-13(26(29,30)31)11-18(21)33(36)37/h7-11,22,32H,1-6H2. The van der Waals surface area contributed by atoms with Crippen molar-refractivity contribution in [3.8, 4) is 11.5 Å². The summed E-state index contributed by atoms with van der Waals surface area (Å²) < 4.78 is 45.7. The van der Waals surface area contributed by atoms with Gasteiger partial charge in [0.2, 0.25) is 5.75 Å². The van der Waals surface area contributed by atoms with E-state index in [1.165, 1.54) is 0 Å². The molecular formula is C26H19Br2F3N2O5. The Morgan fingerprint density at radius 3 is 1.97 bits per heavy atom. The summed E-state index contributed by atoms with van der Waals surface area (Å²) in [5.74, 6) is -0.912. The summed E-state index contributed by atoms with van der Waals surface area (Å²) in [5.41, 5.74) is 1.42. The van der Waals surface area contributed by atoms with Gasteiger partial charge in [0.25, 0.3) is 0 Å². The summed E-state index contributed by atoms with van der Waals surface area (Å²) in [6.45, 7) is 0. The van der Waals surface area contributed by atoms with Gasteiger partial charge >= 0.3 is 11.9 Å². The molecule has 0 radical (unpaired) electrons. The average molecular weight is 656 g/mol. The van der Waals surface area contributed by atoms with E-state index in [9.17, 15) is 32.9 Å². The van der Waals surface area contributed by atoms with Crippen molar-refractivity contribution >= 4 is 49.1 Å². The number of nitro groups is 1. The molecule has 198 valence electrons. The Morgan fingerprint density at radius 1 is 0.921 bits per heavy atom. The predicted molar refractivity (Wildman–Crippen MR) is 138 cm³/mol. The summed E-state index contributed by atoms with van der Waals surface area (Å²) in [4.78, 5) is 36.7. The minimum Gasteiger partial charge on any atom is -0.448 e. The van der Waals surface area contributed by atoms with Gasteiger partial charge in [0.15, 0.2) is 17.3 Å². The van der Waals surface area contributed by atoms with E-state index in [-0.39, 0.29) is 23.1 Å². The van der Waals surface area contributed by atoms with Gasteiger partial charge in [0.05, 0.1) is 19.4 Å². The molecule has 12 heteroatoms. The van der Waals surface area contributed by atoms with E-state index in [1.807, 2.05) is 0 Å². The Labute approximate surface area is 231 Å². The average Bonchev–Trinajstić information content (AvgIpc) is 2.84. The third-order valence-corrected chi connectivity index (χ3v) is 8.02. The number of carbonyl (C=O) groups excluding carboxylic acids is 2. The zero-order chi connectivity index (χ0) is 27.4. The highest BCUT2D eigenvalue weighted by Gasteiger charge is 2.41. The van der Waals surface area contributed by atoms with Crippen molar-refractivity contribution in [1.82, 2.24) is 5.32 Å². The number of nitrogens with one attached hydrogen (secondary N) is 1. The number of nitro benzene ring substituents is 1. The number of ketones is 2. The third kappa shape index (κ3) is 4.79. The Bertz CT molecular complexity index is 1400. The van der Waals surface area contributed by atoms with Crippen molar-refractivity contribution in [2.75, 3.05) is 0 Å². The molecule has 1 heterocycles. The molecule has 1 aliphatic heterocycles. The minimum absolute atomic E-state index is 0.0263. The topological polar surface area (TPSA) is 98.5 Å². The minimum atomic E-state index is -4.75. The highest BCUT2D eigenvalue weighted by Crippen LogP contribution is 2.49. The molecule has 2 aromatic carbocycles. The molecule has 0 spiro atoms. The summed E-state index contributed by atoms with van der Waals surface area (Å²) >= 11 is 6.83. The Morgan fingerprint density at radius 2 is 1.47 bits per heavy atom. The van der Waals surface area contributed by atoms with E-state index in [4.69, 9.17) is 4.74 Å². The monoisotopic (exact) mass is 654 g/mol. The summed E-state index contributed by atoms with van der Waals surface area (Å²) in [6, 6.07) is 5.37. The van der Waals surface area contributed by atoms with Gasteiger partial charge in [0.1, 0.15) is 0 Å². The van der Waals surface area contributed by atoms with Gasteiger partial charge in [-0.2, -0.15) is 13.2 Å². The maximum absolute atomic E-state index is 13.1. The number of ether oxygens (including phenoxy) is 1. The second-order valence-corrected chi connectivity index (χ2v) is 11.0. The summed E-state index contributed by atoms with van der Waals surface area (Å²) in [5, 5.41) is 14.9. The molecule has 3 aliphatic rings. The summed E-state index contributed by atoms with van der Waals surface area (Å²) in [7, 11) is 0. The van der Waals surface area contributed by atoms with Crippen LogP contribution in [0.25, 0.3) is 0 Å². The lowest BCUT2D eigenvalue weighted by Gasteiger charge is -2.37. The SMILES string of the molecule is O=C1CCCC2=C1C(c1cc(Br)c(Oc3ccc(C(F)(F)F)cc3[N+](=O)[O-])c(Br)c1)C1=C(CCCC1=O)N2. The van der Waals surface area contributed by atoms with Gasteiger partial charge in [-0.3, -0.25) is 19.7 Å². The van der Waals surface area contributed by atoms with Crippen molar-refractivity contribution in [1.29, 1.82) is 0 Å². The predicted octanol–water partition coefficient (Wildman–Crippen LogP) is 7.63. The second kappa shape index (κ2) is 9.96. The van der Waals surface area contributed by atoms with Crippen LogP contribution in [0, 0.1) is 10.1 Å². The molecule has 7 nitrogen and oxygen atoms in total. The van der Waals surface area contributed by atoms with Crippen LogP contribution in [0.4, 0.5) is 18.9 Å². The van der Waals surface area contributed by atoms with Crippen molar-refractivity contribution in [2.45, 2.75) is 50.6 Å². The van der Waals surface area contributed by atoms with Crippen LogP contribution in [-0.4, -0.2) is 16.5 Å². The van der Waals surface area contributed by atoms with Gasteiger partial charge in [-0.25, -0.2) is 0 Å². The molecule has 0 saturated heterocycles. The van der Waals surface area contributed by atoms with E-state index in [0.717, 1.165) is 30.3 Å². The first-order valence-corrected chi connectivity index (χ1v) is 13.4. The third-order valence-electron chi connectivity index (χ3n) is 6.84. The maximum Gasteiger partial charge on any atom is 0.416 e. The van der Waals surface area contributed by atoms with Crippen molar-refractivity contribution in [3.05, 3.63) is 83.1 Å². The van der Waals surface area contributed by atoms with Crippen LogP contribution in [0.5, 0.6) is 11.5 Å². The molecule has 0 fully saturated rings. The largest absolute Gasteiger partial charge is 0.448 e. The lowest BCUT2D eigenvalue weighted by atomic mass is 9.71. The van der Waals surface area contributed by atoms with Crippen LogP contribution in [0.3, 0.4) is 0 Å². The van der Waals surface area contributed by atoms with Gasteiger partial charge in [-0.05, 0) is 87.4 Å². The number of allylic oxidation sites excluding steroid dienone is 4. The molecule has 0 bridgehead atoms. The number of Topliss-reactive ketones (excluding diaryl/α,β-unsaturated/α-hetero) is 2. The van der Waals surface area contributed by atoms with Crippen LogP contribution in [-0.2, 0) is 15.8 Å². The molecular weight excluding hydrogens is 637 g/mol. The van der Waals surface area contributed by atoms with Crippen molar-refractivity contribution < 1.29 is 32.4 Å². The zero-order valence-corrected chi connectivity index (χ0v) is 22.8. The number of alkyl halides is 3. The Hall–Kier alpha value is -2.99. The van der Waals surface area contributed by atoms with Gasteiger partial charge in [0, 0.05) is 47.4 Å². The number of hydrogen-bond donors (Lipinski definition) is 1. The van der Waals surface area contributed by atoms with Crippen LogP contribution < -0.4 is 10.1 Å².